The van der Waals surface area contributed by atoms with E-state index in [1.54, 1.807) is 31.7 Å². The molecular formula is C25H24F2N4O4. The number of amides is 1. The number of likely N-dealkylation sites (tertiary alicyclic amines) is 1. The second-order valence-electron chi connectivity index (χ2n) is 9.28. The van der Waals surface area contributed by atoms with E-state index in [1.165, 1.54) is 29.1 Å². The average molecular weight is 482 g/mol. The summed E-state index contributed by atoms with van der Waals surface area (Å²) >= 11 is 0. The Balaban J connectivity index is 1.58. The van der Waals surface area contributed by atoms with E-state index in [0.717, 1.165) is 12.1 Å². The first-order valence-electron chi connectivity index (χ1n) is 11.1. The highest BCUT2D eigenvalue weighted by Gasteiger charge is 2.28. The van der Waals surface area contributed by atoms with E-state index >= 15 is 0 Å². The van der Waals surface area contributed by atoms with Crippen molar-refractivity contribution in [3.63, 3.8) is 0 Å². The van der Waals surface area contributed by atoms with Crippen LogP contribution < -0.4 is 10.3 Å². The van der Waals surface area contributed by atoms with Crippen LogP contribution in [0, 0.1) is 23.0 Å². The molecule has 1 amide bonds. The molecule has 4 rings (SSSR count). The van der Waals surface area contributed by atoms with Crippen molar-refractivity contribution in [2.45, 2.75) is 45.3 Å². The van der Waals surface area contributed by atoms with Crippen LogP contribution in [0.3, 0.4) is 0 Å². The minimum atomic E-state index is -0.911. The summed E-state index contributed by atoms with van der Waals surface area (Å²) in [5.74, 6) is -2.30. The van der Waals surface area contributed by atoms with Crippen LogP contribution in [-0.4, -0.2) is 39.2 Å². The van der Waals surface area contributed by atoms with E-state index in [9.17, 15) is 23.6 Å². The number of rotatable bonds is 3. The number of aromatic nitrogens is 2. The van der Waals surface area contributed by atoms with Crippen LogP contribution in [-0.2, 0) is 4.74 Å². The predicted molar refractivity (Wildman–Crippen MR) is 123 cm³/mol. The molecule has 0 bridgehead atoms. The monoisotopic (exact) mass is 482 g/mol. The Labute approximate surface area is 200 Å². The van der Waals surface area contributed by atoms with Crippen molar-refractivity contribution in [1.29, 1.82) is 5.26 Å². The summed E-state index contributed by atoms with van der Waals surface area (Å²) in [6.45, 7) is 6.28. The third-order valence-electron chi connectivity index (χ3n) is 5.65. The van der Waals surface area contributed by atoms with Gasteiger partial charge in [-0.05, 0) is 63.9 Å². The molecule has 35 heavy (non-hydrogen) atoms. The summed E-state index contributed by atoms with van der Waals surface area (Å²) < 4.78 is 40.5. The molecule has 0 saturated carbocycles. The minimum absolute atomic E-state index is 0.0647. The van der Waals surface area contributed by atoms with Crippen LogP contribution in [0.1, 0.15) is 45.2 Å². The molecule has 10 heteroatoms. The van der Waals surface area contributed by atoms with Crippen molar-refractivity contribution >= 4 is 17.0 Å². The molecule has 1 fully saturated rings. The standard InChI is InChI=1S/C25H24F2N4O4/c1-25(2,3)35-24(33)30-10-8-15(9-11-30)31-14-29-21-7-4-16(12-17(21)23(31)32)34-22-18(13-28)19(26)5-6-20(22)27/h4-7,12,14-15H,8-11H2,1-3H3. The fraction of sp³-hybridized carbons (Fsp3) is 0.360. The normalized spacial score (nSPS) is 14.6. The summed E-state index contributed by atoms with van der Waals surface area (Å²) in [6.07, 6.45) is 2.17. The Kier molecular flexibility index (Phi) is 6.43. The largest absolute Gasteiger partial charge is 0.453 e. The first-order valence-corrected chi connectivity index (χ1v) is 11.1. The Morgan fingerprint density at radius 1 is 1.14 bits per heavy atom. The van der Waals surface area contributed by atoms with Gasteiger partial charge in [0.15, 0.2) is 11.6 Å². The first kappa shape index (κ1) is 24.1. The van der Waals surface area contributed by atoms with Gasteiger partial charge in [0.2, 0.25) is 0 Å². The molecule has 2 aromatic carbocycles. The van der Waals surface area contributed by atoms with E-state index in [1.807, 2.05) is 0 Å². The van der Waals surface area contributed by atoms with Gasteiger partial charge < -0.3 is 14.4 Å². The molecule has 0 spiro atoms. The molecule has 0 radical (unpaired) electrons. The van der Waals surface area contributed by atoms with Gasteiger partial charge in [-0.1, -0.05) is 0 Å². The Morgan fingerprint density at radius 2 is 1.83 bits per heavy atom. The number of halogens is 2. The van der Waals surface area contributed by atoms with Crippen LogP contribution in [0.15, 0.2) is 41.5 Å². The maximum absolute atomic E-state index is 14.2. The molecule has 1 aliphatic heterocycles. The molecule has 8 nitrogen and oxygen atoms in total. The second kappa shape index (κ2) is 9.33. The quantitative estimate of drug-likeness (QED) is 0.526. The first-order chi connectivity index (χ1) is 16.6. The number of hydrogen-bond donors (Lipinski definition) is 0. The van der Waals surface area contributed by atoms with Crippen molar-refractivity contribution in [1.82, 2.24) is 14.5 Å². The smallest absolute Gasteiger partial charge is 0.410 e. The van der Waals surface area contributed by atoms with Crippen LogP contribution >= 0.6 is 0 Å². The van der Waals surface area contributed by atoms with Crippen LogP contribution in [0.4, 0.5) is 13.6 Å². The minimum Gasteiger partial charge on any atom is -0.453 e. The van der Waals surface area contributed by atoms with Gasteiger partial charge >= 0.3 is 6.09 Å². The van der Waals surface area contributed by atoms with Gasteiger partial charge in [-0.15, -0.1) is 0 Å². The Morgan fingerprint density at radius 3 is 2.49 bits per heavy atom. The molecule has 1 saturated heterocycles. The third kappa shape index (κ3) is 5.09. The molecule has 1 aliphatic rings. The number of carbonyl (C=O) groups is 1. The van der Waals surface area contributed by atoms with Crippen molar-refractivity contribution < 1.29 is 23.0 Å². The lowest BCUT2D eigenvalue weighted by atomic mass is 10.0. The van der Waals surface area contributed by atoms with E-state index < -0.39 is 28.5 Å². The van der Waals surface area contributed by atoms with Crippen LogP contribution in [0.2, 0.25) is 0 Å². The number of hydrogen-bond acceptors (Lipinski definition) is 6. The number of carbonyl (C=O) groups excluding carboxylic acids is 1. The van der Waals surface area contributed by atoms with Gasteiger partial charge in [0.05, 0.1) is 17.2 Å². The highest BCUT2D eigenvalue weighted by atomic mass is 19.1. The van der Waals surface area contributed by atoms with E-state index in [0.29, 0.717) is 31.4 Å². The predicted octanol–water partition coefficient (Wildman–Crippen LogP) is 4.91. The molecule has 0 unspecified atom stereocenters. The fourth-order valence-electron chi connectivity index (χ4n) is 3.95. The molecule has 182 valence electrons. The molecule has 2 heterocycles. The number of benzene rings is 2. The molecule has 1 aromatic heterocycles. The number of fused-ring (bicyclic) bond motifs is 1. The van der Waals surface area contributed by atoms with Gasteiger partial charge in [-0.3, -0.25) is 9.36 Å². The van der Waals surface area contributed by atoms with Crippen molar-refractivity contribution in [3.8, 4) is 17.6 Å². The zero-order chi connectivity index (χ0) is 25.3. The fourth-order valence-corrected chi connectivity index (χ4v) is 3.95. The number of piperidine rings is 1. The SMILES string of the molecule is CC(C)(C)OC(=O)N1CCC(n2cnc3ccc(Oc4c(F)ccc(F)c4C#N)cc3c2=O)CC1. The molecule has 0 N–H and O–H groups in total. The third-order valence-corrected chi connectivity index (χ3v) is 5.65. The highest BCUT2D eigenvalue weighted by molar-refractivity contribution is 5.79. The lowest BCUT2D eigenvalue weighted by molar-refractivity contribution is 0.0187. The van der Waals surface area contributed by atoms with Crippen molar-refractivity contribution in [3.05, 3.63) is 64.2 Å². The molecule has 3 aromatic rings. The number of ether oxygens (including phenoxy) is 2. The van der Waals surface area contributed by atoms with Gasteiger partial charge in [0.25, 0.3) is 5.56 Å². The molecular weight excluding hydrogens is 458 g/mol. The van der Waals surface area contributed by atoms with E-state index in [2.05, 4.69) is 4.98 Å². The van der Waals surface area contributed by atoms with Gasteiger partial charge in [0.1, 0.15) is 28.8 Å². The summed E-state index contributed by atoms with van der Waals surface area (Å²) in [5, 5.41) is 9.41. The lowest BCUT2D eigenvalue weighted by Gasteiger charge is -2.34. The molecule has 0 atom stereocenters. The zero-order valence-electron chi connectivity index (χ0n) is 19.5. The number of nitrogens with zero attached hydrogens (tertiary/aromatic N) is 4. The van der Waals surface area contributed by atoms with Gasteiger partial charge in [-0.2, -0.15) is 5.26 Å². The van der Waals surface area contributed by atoms with Gasteiger partial charge in [0, 0.05) is 19.1 Å². The summed E-state index contributed by atoms with van der Waals surface area (Å²) in [5.41, 5.74) is -1.07. The van der Waals surface area contributed by atoms with Crippen molar-refractivity contribution in [2.24, 2.45) is 0 Å². The van der Waals surface area contributed by atoms with E-state index in [4.69, 9.17) is 9.47 Å². The Bertz CT molecular complexity index is 1380. The topological polar surface area (TPSA) is 97.4 Å². The zero-order valence-corrected chi connectivity index (χ0v) is 19.5. The maximum atomic E-state index is 14.2. The lowest BCUT2D eigenvalue weighted by Crippen LogP contribution is -2.43. The Hall–Kier alpha value is -4.00. The van der Waals surface area contributed by atoms with E-state index in [-0.39, 0.29) is 28.8 Å². The molecule has 0 aliphatic carbocycles. The van der Waals surface area contributed by atoms with Crippen LogP contribution in [0.25, 0.3) is 10.9 Å². The van der Waals surface area contributed by atoms with Gasteiger partial charge in [-0.25, -0.2) is 18.6 Å². The van der Waals surface area contributed by atoms with Crippen LogP contribution in [0.5, 0.6) is 11.5 Å². The summed E-state index contributed by atoms with van der Waals surface area (Å²) in [7, 11) is 0. The highest BCUT2D eigenvalue weighted by Crippen LogP contribution is 2.31. The number of nitriles is 1. The summed E-state index contributed by atoms with van der Waals surface area (Å²) in [6, 6.07) is 7.52. The second-order valence-corrected chi connectivity index (χ2v) is 9.28. The van der Waals surface area contributed by atoms with Crippen molar-refractivity contribution in [2.75, 3.05) is 13.1 Å². The average Bonchev–Trinajstić information content (AvgIpc) is 2.81. The maximum Gasteiger partial charge on any atom is 0.410 e. The summed E-state index contributed by atoms with van der Waals surface area (Å²) in [4.78, 5) is 31.5.